The number of rotatable bonds is 2. The van der Waals surface area contributed by atoms with E-state index in [1.54, 1.807) is 0 Å². The summed E-state index contributed by atoms with van der Waals surface area (Å²) in [5.41, 5.74) is 0.135. The van der Waals surface area contributed by atoms with Gasteiger partial charge in [0.25, 0.3) is 0 Å². The van der Waals surface area contributed by atoms with E-state index in [2.05, 4.69) is 17.1 Å². The molecule has 0 amide bonds. The van der Waals surface area contributed by atoms with Crippen LogP contribution in [0, 0.1) is 0 Å². The summed E-state index contributed by atoms with van der Waals surface area (Å²) in [6, 6.07) is 1.41. The lowest BCUT2D eigenvalue weighted by Gasteiger charge is -2.44. The highest BCUT2D eigenvalue weighted by Crippen LogP contribution is 2.34. The molecular weight excluding hydrogens is 246 g/mol. The van der Waals surface area contributed by atoms with Gasteiger partial charge in [0.05, 0.1) is 5.60 Å². The van der Waals surface area contributed by atoms with Gasteiger partial charge in [-0.3, -0.25) is 0 Å². The average molecular weight is 271 g/mol. The van der Waals surface area contributed by atoms with Crippen LogP contribution in [0.2, 0.25) is 0 Å². The summed E-state index contributed by atoms with van der Waals surface area (Å²) in [7, 11) is 0. The van der Waals surface area contributed by atoms with Crippen LogP contribution in [0.1, 0.15) is 38.5 Å². The van der Waals surface area contributed by atoms with Crippen LogP contribution in [-0.4, -0.2) is 49.0 Å². The molecule has 0 aromatic rings. The SMILES string of the molecule is C1CSCC(NC2CCOC3(CCOCC3)C2)C1. The Morgan fingerprint density at radius 2 is 1.94 bits per heavy atom. The topological polar surface area (TPSA) is 30.5 Å². The zero-order valence-electron chi connectivity index (χ0n) is 11.2. The molecule has 3 rings (SSSR count). The van der Waals surface area contributed by atoms with Crippen molar-refractivity contribution in [2.24, 2.45) is 0 Å². The lowest BCUT2D eigenvalue weighted by molar-refractivity contribution is -0.140. The predicted molar refractivity (Wildman–Crippen MR) is 75.2 cm³/mol. The highest BCUT2D eigenvalue weighted by Gasteiger charge is 2.39. The van der Waals surface area contributed by atoms with E-state index < -0.39 is 0 Å². The number of hydrogen-bond acceptors (Lipinski definition) is 4. The molecule has 0 aromatic carbocycles. The van der Waals surface area contributed by atoms with Gasteiger partial charge in [-0.15, -0.1) is 0 Å². The molecule has 104 valence electrons. The van der Waals surface area contributed by atoms with Gasteiger partial charge in [0.1, 0.15) is 0 Å². The lowest BCUT2D eigenvalue weighted by atomic mass is 9.84. The first-order chi connectivity index (χ1) is 8.86. The lowest BCUT2D eigenvalue weighted by Crippen LogP contribution is -2.52. The molecule has 2 atom stereocenters. The van der Waals surface area contributed by atoms with Crippen molar-refractivity contribution in [1.82, 2.24) is 5.32 Å². The summed E-state index contributed by atoms with van der Waals surface area (Å²) in [6.45, 7) is 2.69. The zero-order valence-corrected chi connectivity index (χ0v) is 12.0. The third-order valence-electron chi connectivity index (χ3n) is 4.53. The van der Waals surface area contributed by atoms with E-state index in [1.165, 1.54) is 37.2 Å². The molecule has 0 saturated carbocycles. The first-order valence-electron chi connectivity index (χ1n) is 7.42. The Bertz CT molecular complexity index is 257. The van der Waals surface area contributed by atoms with Crippen molar-refractivity contribution in [3.8, 4) is 0 Å². The van der Waals surface area contributed by atoms with Crippen molar-refractivity contribution < 1.29 is 9.47 Å². The van der Waals surface area contributed by atoms with E-state index in [1.807, 2.05) is 0 Å². The molecule has 18 heavy (non-hydrogen) atoms. The van der Waals surface area contributed by atoms with Gasteiger partial charge in [0.2, 0.25) is 0 Å². The van der Waals surface area contributed by atoms with Crippen molar-refractivity contribution in [3.05, 3.63) is 0 Å². The molecule has 2 unspecified atom stereocenters. The summed E-state index contributed by atoms with van der Waals surface area (Å²) >= 11 is 2.10. The molecule has 0 bridgehead atoms. The first-order valence-corrected chi connectivity index (χ1v) is 8.57. The molecule has 3 saturated heterocycles. The highest BCUT2D eigenvalue weighted by atomic mass is 32.2. The van der Waals surface area contributed by atoms with Crippen LogP contribution in [0.25, 0.3) is 0 Å². The number of hydrogen-bond donors (Lipinski definition) is 1. The van der Waals surface area contributed by atoms with E-state index >= 15 is 0 Å². The van der Waals surface area contributed by atoms with Gasteiger partial charge >= 0.3 is 0 Å². The second-order valence-electron chi connectivity index (χ2n) is 5.91. The molecule has 3 nitrogen and oxygen atoms in total. The molecule has 0 radical (unpaired) electrons. The molecule has 0 aromatic heterocycles. The molecule has 3 heterocycles. The van der Waals surface area contributed by atoms with Crippen LogP contribution in [0.15, 0.2) is 0 Å². The Morgan fingerprint density at radius 3 is 2.72 bits per heavy atom. The fourth-order valence-electron chi connectivity index (χ4n) is 3.47. The fourth-order valence-corrected chi connectivity index (χ4v) is 4.55. The summed E-state index contributed by atoms with van der Waals surface area (Å²) in [4.78, 5) is 0. The van der Waals surface area contributed by atoms with Crippen molar-refractivity contribution in [2.75, 3.05) is 31.3 Å². The van der Waals surface area contributed by atoms with Gasteiger partial charge in [-0.1, -0.05) is 0 Å². The normalized spacial score (nSPS) is 36.7. The maximum atomic E-state index is 6.10. The van der Waals surface area contributed by atoms with Crippen molar-refractivity contribution in [2.45, 2.75) is 56.2 Å². The van der Waals surface area contributed by atoms with Crippen molar-refractivity contribution in [1.29, 1.82) is 0 Å². The summed E-state index contributed by atoms with van der Waals surface area (Å²) < 4.78 is 11.6. The Balaban J connectivity index is 1.52. The Morgan fingerprint density at radius 1 is 1.06 bits per heavy atom. The predicted octanol–water partition coefficient (Wildman–Crippen LogP) is 2.20. The van der Waals surface area contributed by atoms with Crippen LogP contribution >= 0.6 is 11.8 Å². The third-order valence-corrected chi connectivity index (χ3v) is 5.74. The van der Waals surface area contributed by atoms with Crippen LogP contribution in [0.5, 0.6) is 0 Å². The smallest absolute Gasteiger partial charge is 0.0741 e. The highest BCUT2D eigenvalue weighted by molar-refractivity contribution is 7.99. The van der Waals surface area contributed by atoms with Crippen LogP contribution in [0.4, 0.5) is 0 Å². The van der Waals surface area contributed by atoms with E-state index in [4.69, 9.17) is 9.47 Å². The molecule has 0 aliphatic carbocycles. The molecule has 3 aliphatic heterocycles. The van der Waals surface area contributed by atoms with Crippen molar-refractivity contribution in [3.63, 3.8) is 0 Å². The number of ether oxygens (including phenoxy) is 2. The van der Waals surface area contributed by atoms with E-state index in [-0.39, 0.29) is 5.60 Å². The number of nitrogens with one attached hydrogen (secondary N) is 1. The van der Waals surface area contributed by atoms with E-state index in [0.717, 1.165) is 38.7 Å². The fraction of sp³-hybridized carbons (Fsp3) is 1.00. The number of thioether (sulfide) groups is 1. The molecule has 4 heteroatoms. The van der Waals surface area contributed by atoms with Gasteiger partial charge < -0.3 is 14.8 Å². The summed E-state index contributed by atoms with van der Waals surface area (Å²) in [6.07, 6.45) is 7.29. The standard InChI is InChI=1S/C14H25NO2S/c1-2-13(11-18-9-1)15-12-3-6-17-14(10-12)4-7-16-8-5-14/h12-13,15H,1-11H2. The largest absolute Gasteiger partial charge is 0.381 e. The van der Waals surface area contributed by atoms with Gasteiger partial charge in [-0.05, 0) is 44.3 Å². The van der Waals surface area contributed by atoms with E-state index in [0.29, 0.717) is 6.04 Å². The van der Waals surface area contributed by atoms with Gasteiger partial charge in [0.15, 0.2) is 0 Å². The molecule has 3 fully saturated rings. The first kappa shape index (κ1) is 13.2. The zero-order chi connectivity index (χ0) is 12.3. The maximum Gasteiger partial charge on any atom is 0.0741 e. The van der Waals surface area contributed by atoms with Crippen LogP contribution in [0.3, 0.4) is 0 Å². The van der Waals surface area contributed by atoms with Crippen LogP contribution < -0.4 is 5.32 Å². The monoisotopic (exact) mass is 271 g/mol. The summed E-state index contributed by atoms with van der Waals surface area (Å²) in [5, 5.41) is 3.89. The molecule has 1 N–H and O–H groups in total. The quantitative estimate of drug-likeness (QED) is 0.834. The second kappa shape index (κ2) is 6.12. The van der Waals surface area contributed by atoms with E-state index in [9.17, 15) is 0 Å². The third kappa shape index (κ3) is 3.21. The maximum absolute atomic E-state index is 6.10. The second-order valence-corrected chi connectivity index (χ2v) is 7.06. The van der Waals surface area contributed by atoms with Gasteiger partial charge in [-0.25, -0.2) is 0 Å². The minimum Gasteiger partial charge on any atom is -0.381 e. The van der Waals surface area contributed by atoms with Crippen molar-refractivity contribution >= 4 is 11.8 Å². The summed E-state index contributed by atoms with van der Waals surface area (Å²) in [5.74, 6) is 2.65. The van der Waals surface area contributed by atoms with Gasteiger partial charge in [0, 0.05) is 37.7 Å². The van der Waals surface area contributed by atoms with Crippen LogP contribution in [-0.2, 0) is 9.47 Å². The minimum absolute atomic E-state index is 0.135. The van der Waals surface area contributed by atoms with Gasteiger partial charge in [-0.2, -0.15) is 11.8 Å². The molecule has 3 aliphatic rings. The Kier molecular flexibility index (Phi) is 4.50. The minimum atomic E-state index is 0.135. The molecular formula is C14H25NO2S. The Labute approximate surface area is 114 Å². The molecule has 1 spiro atoms. The Hall–Kier alpha value is 0.230. The average Bonchev–Trinajstić information content (AvgIpc) is 2.41.